The fraction of sp³-hybridized carbons (Fsp3) is 0.125. The van der Waals surface area contributed by atoms with Gasteiger partial charge in [0.2, 0.25) is 5.82 Å². The second kappa shape index (κ2) is 9.11. The van der Waals surface area contributed by atoms with Crippen LogP contribution in [0.1, 0.15) is 16.2 Å². The summed E-state index contributed by atoms with van der Waals surface area (Å²) in [4.78, 5) is 17.6. The molecule has 0 saturated heterocycles. The van der Waals surface area contributed by atoms with E-state index in [1.54, 1.807) is 30.0 Å². The lowest BCUT2D eigenvalue weighted by molar-refractivity contribution is 0.101. The SMILES string of the molecule is COc1ccc(OC)c(NC(=O)c2nc(-c3ccccc3)n(-c3cccc(Cl)c3C)n2)c1. The van der Waals surface area contributed by atoms with Gasteiger partial charge in [-0.3, -0.25) is 4.79 Å². The molecular formula is C24H21ClN4O3. The van der Waals surface area contributed by atoms with Crippen LogP contribution in [-0.2, 0) is 0 Å². The van der Waals surface area contributed by atoms with Crippen molar-refractivity contribution in [1.82, 2.24) is 14.8 Å². The van der Waals surface area contributed by atoms with Gasteiger partial charge in [0.25, 0.3) is 5.91 Å². The molecule has 4 aromatic rings. The highest BCUT2D eigenvalue weighted by molar-refractivity contribution is 6.31. The smallest absolute Gasteiger partial charge is 0.295 e. The average Bonchev–Trinajstić information content (AvgIpc) is 3.27. The van der Waals surface area contributed by atoms with E-state index in [0.717, 1.165) is 16.8 Å². The molecule has 0 atom stereocenters. The molecule has 0 fully saturated rings. The third-order valence-corrected chi connectivity index (χ3v) is 5.37. The zero-order valence-corrected chi connectivity index (χ0v) is 18.6. The first kappa shape index (κ1) is 21.4. The standard InChI is InChI=1S/C24H21ClN4O3/c1-15-18(25)10-7-11-20(15)29-23(16-8-5-4-6-9-16)27-22(28-29)24(30)26-19-14-17(31-2)12-13-21(19)32-3/h4-14H,1-3H3,(H,26,30). The maximum Gasteiger partial charge on any atom is 0.295 e. The van der Waals surface area contributed by atoms with Gasteiger partial charge in [-0.25, -0.2) is 9.67 Å². The Morgan fingerprint density at radius 3 is 2.50 bits per heavy atom. The van der Waals surface area contributed by atoms with Crippen LogP contribution in [0.15, 0.2) is 66.7 Å². The van der Waals surface area contributed by atoms with Crippen molar-refractivity contribution in [3.63, 3.8) is 0 Å². The van der Waals surface area contributed by atoms with Gasteiger partial charge in [0.15, 0.2) is 5.82 Å². The van der Waals surface area contributed by atoms with Gasteiger partial charge in [-0.2, -0.15) is 0 Å². The molecule has 1 amide bonds. The quantitative estimate of drug-likeness (QED) is 0.440. The van der Waals surface area contributed by atoms with Crippen LogP contribution in [0.5, 0.6) is 11.5 Å². The van der Waals surface area contributed by atoms with Gasteiger partial charge in [0.05, 0.1) is 25.6 Å². The van der Waals surface area contributed by atoms with Crippen LogP contribution in [0, 0.1) is 6.92 Å². The summed E-state index contributed by atoms with van der Waals surface area (Å²) in [6, 6.07) is 20.2. The molecule has 7 nitrogen and oxygen atoms in total. The second-order valence-electron chi connectivity index (χ2n) is 6.94. The molecule has 0 aliphatic rings. The molecule has 0 unspecified atom stereocenters. The van der Waals surface area contributed by atoms with E-state index in [1.165, 1.54) is 7.11 Å². The Bertz CT molecular complexity index is 1270. The molecule has 0 saturated carbocycles. The van der Waals surface area contributed by atoms with E-state index in [-0.39, 0.29) is 5.82 Å². The molecule has 8 heteroatoms. The summed E-state index contributed by atoms with van der Waals surface area (Å²) in [5, 5.41) is 7.93. The Morgan fingerprint density at radius 2 is 1.78 bits per heavy atom. The minimum absolute atomic E-state index is 0.00750. The number of rotatable bonds is 6. The normalized spacial score (nSPS) is 10.6. The zero-order chi connectivity index (χ0) is 22.7. The first-order chi connectivity index (χ1) is 15.5. The predicted octanol–water partition coefficient (Wildman–Crippen LogP) is 5.17. The number of nitrogens with zero attached hydrogens (tertiary/aromatic N) is 3. The Morgan fingerprint density at radius 1 is 1.00 bits per heavy atom. The number of ether oxygens (including phenoxy) is 2. The molecule has 162 valence electrons. The van der Waals surface area contributed by atoms with Crippen molar-refractivity contribution in [2.75, 3.05) is 19.5 Å². The van der Waals surface area contributed by atoms with Crippen LogP contribution in [0.4, 0.5) is 5.69 Å². The number of hydrogen-bond donors (Lipinski definition) is 1. The molecule has 3 aromatic carbocycles. The Kier molecular flexibility index (Phi) is 6.09. The number of methoxy groups -OCH3 is 2. The van der Waals surface area contributed by atoms with Gasteiger partial charge < -0.3 is 14.8 Å². The summed E-state index contributed by atoms with van der Waals surface area (Å²) in [5.74, 6) is 1.13. The van der Waals surface area contributed by atoms with Crippen LogP contribution in [-0.4, -0.2) is 34.9 Å². The largest absolute Gasteiger partial charge is 0.497 e. The lowest BCUT2D eigenvalue weighted by atomic mass is 10.2. The monoisotopic (exact) mass is 448 g/mol. The van der Waals surface area contributed by atoms with E-state index in [9.17, 15) is 4.79 Å². The molecule has 0 spiro atoms. The third-order valence-electron chi connectivity index (χ3n) is 4.96. The topological polar surface area (TPSA) is 78.3 Å². The highest BCUT2D eigenvalue weighted by Crippen LogP contribution is 2.30. The van der Waals surface area contributed by atoms with E-state index in [2.05, 4.69) is 15.4 Å². The molecule has 0 aliphatic carbocycles. The number of aromatic nitrogens is 3. The van der Waals surface area contributed by atoms with Gasteiger partial charge in [-0.15, -0.1) is 5.10 Å². The molecule has 1 aromatic heterocycles. The number of carbonyl (C=O) groups is 1. The molecule has 4 rings (SSSR count). The van der Waals surface area contributed by atoms with E-state index in [1.807, 2.05) is 55.5 Å². The lowest BCUT2D eigenvalue weighted by Crippen LogP contribution is -2.15. The number of benzene rings is 3. The van der Waals surface area contributed by atoms with Crippen LogP contribution in [0.3, 0.4) is 0 Å². The Labute approximate surface area is 190 Å². The molecule has 1 heterocycles. The maximum atomic E-state index is 13.1. The summed E-state index contributed by atoms with van der Waals surface area (Å²) < 4.78 is 12.2. The van der Waals surface area contributed by atoms with Gasteiger partial charge >= 0.3 is 0 Å². The number of carbonyl (C=O) groups excluding carboxylic acids is 1. The summed E-state index contributed by atoms with van der Waals surface area (Å²) in [5.41, 5.74) is 2.84. The van der Waals surface area contributed by atoms with Crippen molar-refractivity contribution < 1.29 is 14.3 Å². The Balaban J connectivity index is 1.78. The van der Waals surface area contributed by atoms with Crippen LogP contribution in [0.2, 0.25) is 5.02 Å². The Hall–Kier alpha value is -3.84. The fourth-order valence-electron chi connectivity index (χ4n) is 3.27. The van der Waals surface area contributed by atoms with Crippen molar-refractivity contribution in [3.05, 3.63) is 83.1 Å². The highest BCUT2D eigenvalue weighted by Gasteiger charge is 2.21. The van der Waals surface area contributed by atoms with Crippen molar-refractivity contribution in [2.45, 2.75) is 6.92 Å². The summed E-state index contributed by atoms with van der Waals surface area (Å²) >= 11 is 6.33. The van der Waals surface area contributed by atoms with Crippen molar-refractivity contribution in [1.29, 1.82) is 0 Å². The summed E-state index contributed by atoms with van der Waals surface area (Å²) in [6.45, 7) is 1.90. The average molecular weight is 449 g/mol. The van der Waals surface area contributed by atoms with Crippen LogP contribution >= 0.6 is 11.6 Å². The molecule has 1 N–H and O–H groups in total. The maximum absolute atomic E-state index is 13.1. The van der Waals surface area contributed by atoms with Crippen LogP contribution < -0.4 is 14.8 Å². The van der Waals surface area contributed by atoms with E-state index in [0.29, 0.717) is 28.0 Å². The number of amides is 1. The summed E-state index contributed by atoms with van der Waals surface area (Å²) in [6.07, 6.45) is 0. The molecule has 0 aliphatic heterocycles. The summed E-state index contributed by atoms with van der Waals surface area (Å²) in [7, 11) is 3.08. The lowest BCUT2D eigenvalue weighted by Gasteiger charge is -2.10. The molecule has 0 radical (unpaired) electrons. The van der Waals surface area contributed by atoms with E-state index < -0.39 is 5.91 Å². The molecular weight excluding hydrogens is 428 g/mol. The highest BCUT2D eigenvalue weighted by atomic mass is 35.5. The first-order valence-corrected chi connectivity index (χ1v) is 10.2. The fourth-order valence-corrected chi connectivity index (χ4v) is 3.44. The van der Waals surface area contributed by atoms with Crippen molar-refractivity contribution in [3.8, 4) is 28.6 Å². The number of hydrogen-bond acceptors (Lipinski definition) is 5. The van der Waals surface area contributed by atoms with Gasteiger partial charge in [0, 0.05) is 16.7 Å². The molecule has 0 bridgehead atoms. The minimum Gasteiger partial charge on any atom is -0.497 e. The van der Waals surface area contributed by atoms with Gasteiger partial charge in [-0.1, -0.05) is 48.0 Å². The number of halogens is 1. The number of nitrogens with one attached hydrogen (secondary N) is 1. The van der Waals surface area contributed by atoms with Crippen molar-refractivity contribution >= 4 is 23.2 Å². The van der Waals surface area contributed by atoms with Crippen LogP contribution in [0.25, 0.3) is 17.1 Å². The van der Waals surface area contributed by atoms with E-state index in [4.69, 9.17) is 21.1 Å². The van der Waals surface area contributed by atoms with Gasteiger partial charge in [-0.05, 0) is 36.8 Å². The first-order valence-electron chi connectivity index (χ1n) is 9.83. The molecule has 32 heavy (non-hydrogen) atoms. The van der Waals surface area contributed by atoms with Gasteiger partial charge in [0.1, 0.15) is 11.5 Å². The second-order valence-corrected chi connectivity index (χ2v) is 7.35. The predicted molar refractivity (Wildman–Crippen MR) is 124 cm³/mol. The van der Waals surface area contributed by atoms with Crippen molar-refractivity contribution in [2.24, 2.45) is 0 Å². The minimum atomic E-state index is -0.479. The number of anilines is 1. The van der Waals surface area contributed by atoms with E-state index >= 15 is 0 Å². The third kappa shape index (κ3) is 4.15. The zero-order valence-electron chi connectivity index (χ0n) is 17.8.